The maximum Gasteiger partial charge on any atom is 0.327 e. The fourth-order valence-corrected chi connectivity index (χ4v) is 3.13. The highest BCUT2D eigenvalue weighted by molar-refractivity contribution is 6.08. The molecule has 0 atom stereocenters. The van der Waals surface area contributed by atoms with Gasteiger partial charge in [0.05, 0.1) is 23.6 Å². The Morgan fingerprint density at radius 1 is 1.08 bits per heavy atom. The molecule has 0 unspecified atom stereocenters. The lowest BCUT2D eigenvalue weighted by atomic mass is 9.99. The van der Waals surface area contributed by atoms with Gasteiger partial charge >= 0.3 is 5.69 Å². The highest BCUT2D eigenvalue weighted by atomic mass is 16.5. The number of aromatic nitrogens is 5. The maximum atomic E-state index is 12.5. The highest BCUT2D eigenvalue weighted by Gasteiger charge is 2.19. The zero-order chi connectivity index (χ0) is 17.7. The number of nitrogens with zero attached hydrogens (tertiary/aromatic N) is 3. The summed E-state index contributed by atoms with van der Waals surface area (Å²) >= 11 is 0. The number of H-pyrrole nitrogens is 2. The summed E-state index contributed by atoms with van der Waals surface area (Å²) in [5.41, 5.74) is 2.00. The van der Waals surface area contributed by atoms with Crippen molar-refractivity contribution in [1.82, 2.24) is 24.7 Å². The van der Waals surface area contributed by atoms with Crippen LogP contribution in [-0.4, -0.2) is 31.8 Å². The lowest BCUT2D eigenvalue weighted by Gasteiger charge is -2.09. The van der Waals surface area contributed by atoms with Crippen molar-refractivity contribution < 1.29 is 4.74 Å². The predicted octanol–water partition coefficient (Wildman–Crippen LogP) is 1.48. The van der Waals surface area contributed by atoms with E-state index in [0.29, 0.717) is 22.3 Å². The van der Waals surface area contributed by atoms with Crippen LogP contribution >= 0.6 is 0 Å². The second kappa shape index (κ2) is 5.30. The molecule has 0 amide bonds. The van der Waals surface area contributed by atoms with E-state index in [1.54, 1.807) is 18.8 Å². The smallest absolute Gasteiger partial charge is 0.327 e. The highest BCUT2D eigenvalue weighted by Crippen LogP contribution is 2.34. The molecule has 8 heteroatoms. The lowest BCUT2D eigenvalue weighted by molar-refractivity contribution is 0.415. The number of rotatable bonds is 2. The number of hydrogen-bond donors (Lipinski definition) is 2. The van der Waals surface area contributed by atoms with E-state index in [1.807, 2.05) is 31.2 Å². The summed E-state index contributed by atoms with van der Waals surface area (Å²) < 4.78 is 6.84. The molecule has 0 spiro atoms. The number of aromatic amines is 2. The third-order valence-electron chi connectivity index (χ3n) is 4.21. The molecular weight excluding hydrogens is 322 g/mol. The number of hydrogen-bond acceptors (Lipinski definition) is 5. The largest absolute Gasteiger partial charge is 0.497 e. The van der Waals surface area contributed by atoms with Gasteiger partial charge in [0.1, 0.15) is 11.4 Å². The Labute approximate surface area is 141 Å². The molecule has 0 saturated heterocycles. The van der Waals surface area contributed by atoms with Crippen molar-refractivity contribution in [3.63, 3.8) is 0 Å². The molecule has 0 aliphatic carbocycles. The van der Waals surface area contributed by atoms with Gasteiger partial charge in [0.25, 0.3) is 5.56 Å². The summed E-state index contributed by atoms with van der Waals surface area (Å²) in [6.45, 7) is 1.86. The summed E-state index contributed by atoms with van der Waals surface area (Å²) in [6.07, 6.45) is 0. The monoisotopic (exact) mass is 337 g/mol. The number of ether oxygens (including phenoxy) is 1. The van der Waals surface area contributed by atoms with Crippen molar-refractivity contribution >= 4 is 22.1 Å². The molecule has 2 N–H and O–H groups in total. The van der Waals surface area contributed by atoms with E-state index < -0.39 is 11.2 Å². The Balaban J connectivity index is 2.24. The molecule has 3 aromatic heterocycles. The van der Waals surface area contributed by atoms with E-state index in [2.05, 4.69) is 20.1 Å². The Hall–Kier alpha value is -3.42. The zero-order valence-electron chi connectivity index (χ0n) is 13.9. The van der Waals surface area contributed by atoms with Crippen LogP contribution in [0.5, 0.6) is 5.75 Å². The first-order valence-electron chi connectivity index (χ1n) is 7.63. The molecule has 25 heavy (non-hydrogen) atoms. The van der Waals surface area contributed by atoms with Crippen LogP contribution in [0.4, 0.5) is 0 Å². The molecule has 0 fully saturated rings. The first-order valence-corrected chi connectivity index (χ1v) is 7.63. The second-order valence-corrected chi connectivity index (χ2v) is 5.75. The van der Waals surface area contributed by atoms with Crippen molar-refractivity contribution in [2.24, 2.45) is 7.05 Å². The third kappa shape index (κ3) is 2.22. The second-order valence-electron chi connectivity index (χ2n) is 5.75. The molecule has 8 nitrogen and oxygen atoms in total. The lowest BCUT2D eigenvalue weighted by Crippen LogP contribution is -2.23. The van der Waals surface area contributed by atoms with E-state index >= 15 is 0 Å². The number of aryl methyl sites for hydroxylation is 2. The number of nitrogens with one attached hydrogen (secondary N) is 2. The Morgan fingerprint density at radius 3 is 2.48 bits per heavy atom. The molecule has 4 rings (SSSR count). The molecular formula is C17H15N5O3. The average molecular weight is 337 g/mol. The van der Waals surface area contributed by atoms with Crippen molar-refractivity contribution in [3.8, 4) is 16.9 Å². The van der Waals surface area contributed by atoms with Crippen molar-refractivity contribution in [2.45, 2.75) is 6.92 Å². The quantitative estimate of drug-likeness (QED) is 0.576. The summed E-state index contributed by atoms with van der Waals surface area (Å²) in [5, 5.41) is 5.51. The average Bonchev–Trinajstić information content (AvgIpc) is 2.87. The number of fused-ring (bicyclic) bond motifs is 2. The molecule has 4 aromatic rings. The van der Waals surface area contributed by atoms with Crippen LogP contribution in [0.25, 0.3) is 33.2 Å². The third-order valence-corrected chi connectivity index (χ3v) is 4.21. The SMILES string of the molecule is COc1ccc(-c2c3c(C)nn(C)c3nc3[nH]c(=O)[nH]c(=O)c23)cc1. The van der Waals surface area contributed by atoms with Crippen LogP contribution < -0.4 is 16.0 Å². The van der Waals surface area contributed by atoms with Gasteiger partial charge in [-0.1, -0.05) is 12.1 Å². The van der Waals surface area contributed by atoms with E-state index in [1.165, 1.54) is 0 Å². The molecule has 0 radical (unpaired) electrons. The van der Waals surface area contributed by atoms with Crippen LogP contribution in [-0.2, 0) is 7.05 Å². The summed E-state index contributed by atoms with van der Waals surface area (Å²) in [5.74, 6) is 0.712. The Kier molecular flexibility index (Phi) is 3.21. The van der Waals surface area contributed by atoms with Crippen molar-refractivity contribution in [3.05, 3.63) is 50.8 Å². The van der Waals surface area contributed by atoms with E-state index in [0.717, 1.165) is 16.6 Å². The van der Waals surface area contributed by atoms with Crippen LogP contribution in [0.1, 0.15) is 5.69 Å². The standard InChI is InChI=1S/C17H15N5O3/c1-8-11-12(9-4-6-10(25-3)7-5-9)13-14(18-15(11)22(2)21-8)19-17(24)20-16(13)23/h4-7H,1-3H3,(H2,18,19,20,23,24). The molecule has 0 aliphatic rings. The van der Waals surface area contributed by atoms with Crippen LogP contribution in [0.2, 0.25) is 0 Å². The normalized spacial score (nSPS) is 11.3. The first kappa shape index (κ1) is 15.1. The minimum Gasteiger partial charge on any atom is -0.497 e. The Bertz CT molecular complexity index is 1230. The van der Waals surface area contributed by atoms with Crippen molar-refractivity contribution in [1.29, 1.82) is 0 Å². The predicted molar refractivity (Wildman–Crippen MR) is 94.0 cm³/mol. The fraction of sp³-hybridized carbons (Fsp3) is 0.176. The maximum absolute atomic E-state index is 12.5. The van der Waals surface area contributed by atoms with Gasteiger partial charge in [0.2, 0.25) is 0 Å². The first-order chi connectivity index (χ1) is 12.0. The number of benzene rings is 1. The van der Waals surface area contributed by atoms with E-state index in [9.17, 15) is 9.59 Å². The minimum atomic E-state index is -0.594. The van der Waals surface area contributed by atoms with Gasteiger partial charge < -0.3 is 4.74 Å². The minimum absolute atomic E-state index is 0.232. The van der Waals surface area contributed by atoms with Crippen LogP contribution in [0.15, 0.2) is 33.9 Å². The van der Waals surface area contributed by atoms with Gasteiger partial charge in [0, 0.05) is 12.6 Å². The van der Waals surface area contributed by atoms with E-state index in [-0.39, 0.29) is 5.65 Å². The van der Waals surface area contributed by atoms with Crippen LogP contribution in [0, 0.1) is 6.92 Å². The summed E-state index contributed by atoms with van der Waals surface area (Å²) in [4.78, 5) is 33.5. The summed E-state index contributed by atoms with van der Waals surface area (Å²) in [6, 6.07) is 7.37. The summed E-state index contributed by atoms with van der Waals surface area (Å²) in [7, 11) is 3.37. The van der Waals surface area contributed by atoms with Gasteiger partial charge in [-0.25, -0.2) is 9.78 Å². The fourth-order valence-electron chi connectivity index (χ4n) is 3.13. The molecule has 0 bridgehead atoms. The number of methoxy groups -OCH3 is 1. The van der Waals surface area contributed by atoms with Gasteiger partial charge in [-0.15, -0.1) is 0 Å². The zero-order valence-corrected chi connectivity index (χ0v) is 13.9. The van der Waals surface area contributed by atoms with Gasteiger partial charge in [-0.2, -0.15) is 5.10 Å². The number of pyridine rings is 1. The van der Waals surface area contributed by atoms with E-state index in [4.69, 9.17) is 4.74 Å². The Morgan fingerprint density at radius 2 is 1.80 bits per heavy atom. The van der Waals surface area contributed by atoms with Crippen LogP contribution in [0.3, 0.4) is 0 Å². The molecule has 0 aliphatic heterocycles. The van der Waals surface area contributed by atoms with Gasteiger partial charge in [-0.05, 0) is 24.6 Å². The topological polar surface area (TPSA) is 106 Å². The van der Waals surface area contributed by atoms with Gasteiger partial charge in [0.15, 0.2) is 5.65 Å². The molecule has 3 heterocycles. The molecule has 0 saturated carbocycles. The van der Waals surface area contributed by atoms with Gasteiger partial charge in [-0.3, -0.25) is 19.4 Å². The molecule has 126 valence electrons. The van der Waals surface area contributed by atoms with Crippen molar-refractivity contribution in [2.75, 3.05) is 7.11 Å². The molecule has 1 aromatic carbocycles.